The molecule has 0 bridgehead atoms. The third-order valence-corrected chi connectivity index (χ3v) is 6.04. The lowest BCUT2D eigenvalue weighted by atomic mass is 9.88. The Morgan fingerprint density at radius 3 is 2.38 bits per heavy atom. The maximum absolute atomic E-state index is 6.44. The van der Waals surface area contributed by atoms with Crippen molar-refractivity contribution in [1.82, 2.24) is 5.32 Å². The highest BCUT2D eigenvalue weighted by atomic mass is 16.6. The first kappa shape index (κ1) is 14.4. The van der Waals surface area contributed by atoms with Gasteiger partial charge in [-0.3, -0.25) is 0 Å². The molecule has 1 saturated carbocycles. The van der Waals surface area contributed by atoms with E-state index in [1.54, 1.807) is 0 Å². The van der Waals surface area contributed by atoms with Crippen LogP contribution in [0.1, 0.15) is 57.8 Å². The highest BCUT2D eigenvalue weighted by Gasteiger charge is 2.45. The van der Waals surface area contributed by atoms with E-state index in [1.807, 2.05) is 0 Å². The minimum Gasteiger partial charge on any atom is -0.375 e. The quantitative estimate of drug-likeness (QED) is 0.849. The fourth-order valence-electron chi connectivity index (χ4n) is 4.86. The maximum Gasteiger partial charge on any atom is 0.0840 e. The molecule has 0 aromatic rings. The Morgan fingerprint density at radius 2 is 1.57 bits per heavy atom. The van der Waals surface area contributed by atoms with Gasteiger partial charge in [-0.1, -0.05) is 12.8 Å². The topological polar surface area (TPSA) is 39.7 Å². The Morgan fingerprint density at radius 1 is 0.857 bits per heavy atom. The number of hydrogen-bond acceptors (Lipinski definition) is 4. The third kappa shape index (κ3) is 3.00. The number of nitrogens with one attached hydrogen (secondary N) is 1. The van der Waals surface area contributed by atoms with Crippen molar-refractivity contribution in [1.29, 1.82) is 0 Å². The van der Waals surface area contributed by atoms with Crippen LogP contribution in [-0.2, 0) is 14.2 Å². The van der Waals surface area contributed by atoms with E-state index in [9.17, 15) is 0 Å². The molecule has 4 heteroatoms. The average molecular weight is 295 g/mol. The summed E-state index contributed by atoms with van der Waals surface area (Å²) >= 11 is 0. The van der Waals surface area contributed by atoms with Crippen LogP contribution in [0.25, 0.3) is 0 Å². The lowest BCUT2D eigenvalue weighted by Gasteiger charge is -2.39. The van der Waals surface area contributed by atoms with Gasteiger partial charge in [-0.05, 0) is 45.2 Å². The molecule has 2 atom stereocenters. The van der Waals surface area contributed by atoms with Crippen molar-refractivity contribution in [3.05, 3.63) is 0 Å². The van der Waals surface area contributed by atoms with Gasteiger partial charge in [0.05, 0.1) is 30.0 Å². The van der Waals surface area contributed by atoms with Gasteiger partial charge in [0.25, 0.3) is 0 Å². The molecule has 4 nitrogen and oxygen atoms in total. The molecule has 3 heterocycles. The molecule has 1 aliphatic carbocycles. The summed E-state index contributed by atoms with van der Waals surface area (Å²) in [5.41, 5.74) is 0.279. The summed E-state index contributed by atoms with van der Waals surface area (Å²) in [4.78, 5) is 0. The van der Waals surface area contributed by atoms with E-state index in [2.05, 4.69) is 5.32 Å². The van der Waals surface area contributed by atoms with Crippen LogP contribution in [0, 0.1) is 0 Å². The Balaban J connectivity index is 1.32. The summed E-state index contributed by atoms with van der Waals surface area (Å²) in [6.07, 6.45) is 11.4. The lowest BCUT2D eigenvalue weighted by Crippen LogP contribution is -2.43. The lowest BCUT2D eigenvalue weighted by molar-refractivity contribution is -0.144. The van der Waals surface area contributed by atoms with E-state index in [1.165, 1.54) is 25.7 Å². The summed E-state index contributed by atoms with van der Waals surface area (Å²) in [5, 5.41) is 3.43. The summed E-state index contributed by atoms with van der Waals surface area (Å²) < 4.78 is 18.7. The zero-order valence-corrected chi connectivity index (χ0v) is 13.1. The van der Waals surface area contributed by atoms with Crippen LogP contribution in [0.2, 0.25) is 0 Å². The number of hydrogen-bond donors (Lipinski definition) is 1. The first-order valence-corrected chi connectivity index (χ1v) is 8.92. The smallest absolute Gasteiger partial charge is 0.0840 e. The highest BCUT2D eigenvalue weighted by molar-refractivity contribution is 4.95. The normalized spacial score (nSPS) is 38.3. The van der Waals surface area contributed by atoms with E-state index in [0.717, 1.165) is 58.4 Å². The van der Waals surface area contributed by atoms with Gasteiger partial charge in [0.2, 0.25) is 0 Å². The minimum absolute atomic E-state index is 0.117. The van der Waals surface area contributed by atoms with E-state index in [0.29, 0.717) is 12.2 Å². The Kier molecular flexibility index (Phi) is 3.99. The fourth-order valence-corrected chi connectivity index (χ4v) is 4.86. The second-order valence-corrected chi connectivity index (χ2v) is 7.56. The number of ether oxygens (including phenoxy) is 3. The molecule has 0 aromatic carbocycles. The molecule has 0 radical (unpaired) electrons. The zero-order chi connectivity index (χ0) is 14.2. The van der Waals surface area contributed by atoms with Gasteiger partial charge >= 0.3 is 0 Å². The molecule has 2 unspecified atom stereocenters. The van der Waals surface area contributed by atoms with Gasteiger partial charge in [-0.2, -0.15) is 0 Å². The molecule has 21 heavy (non-hydrogen) atoms. The van der Waals surface area contributed by atoms with E-state index in [4.69, 9.17) is 14.2 Å². The molecular formula is C17H29NO3. The van der Waals surface area contributed by atoms with E-state index >= 15 is 0 Å². The van der Waals surface area contributed by atoms with Gasteiger partial charge in [-0.15, -0.1) is 0 Å². The van der Waals surface area contributed by atoms with Crippen LogP contribution in [0.5, 0.6) is 0 Å². The second kappa shape index (κ2) is 5.80. The Hall–Kier alpha value is -0.160. The second-order valence-electron chi connectivity index (χ2n) is 7.56. The zero-order valence-electron chi connectivity index (χ0n) is 13.1. The molecule has 4 fully saturated rings. The van der Waals surface area contributed by atoms with Crippen LogP contribution in [0.15, 0.2) is 0 Å². The Labute approximate surface area is 127 Å². The molecular weight excluding hydrogens is 266 g/mol. The third-order valence-electron chi connectivity index (χ3n) is 6.04. The Bertz CT molecular complexity index is 361. The minimum atomic E-state index is 0.117. The molecule has 4 rings (SSSR count). The van der Waals surface area contributed by atoms with Crippen LogP contribution in [0.3, 0.4) is 0 Å². The van der Waals surface area contributed by atoms with Gasteiger partial charge in [0, 0.05) is 19.4 Å². The SMILES string of the molecule is C1CCC2(C1)CC(OC1COC3(CCNCC3)C1)CCO2. The van der Waals surface area contributed by atoms with Crippen molar-refractivity contribution < 1.29 is 14.2 Å². The van der Waals surface area contributed by atoms with Crippen molar-refractivity contribution in [3.8, 4) is 0 Å². The summed E-state index contributed by atoms with van der Waals surface area (Å²) in [7, 11) is 0. The number of rotatable bonds is 2. The van der Waals surface area contributed by atoms with Crippen molar-refractivity contribution in [2.45, 2.75) is 81.2 Å². The van der Waals surface area contributed by atoms with Crippen molar-refractivity contribution in [2.75, 3.05) is 26.3 Å². The first-order chi connectivity index (χ1) is 10.3. The maximum atomic E-state index is 6.44. The molecule has 3 saturated heterocycles. The molecule has 4 aliphatic rings. The summed E-state index contributed by atoms with van der Waals surface area (Å²) in [6, 6.07) is 0. The predicted molar refractivity (Wildman–Crippen MR) is 80.4 cm³/mol. The first-order valence-electron chi connectivity index (χ1n) is 8.92. The molecule has 2 spiro atoms. The monoisotopic (exact) mass is 295 g/mol. The van der Waals surface area contributed by atoms with Gasteiger partial charge < -0.3 is 19.5 Å². The van der Waals surface area contributed by atoms with E-state index < -0.39 is 0 Å². The van der Waals surface area contributed by atoms with Crippen molar-refractivity contribution in [3.63, 3.8) is 0 Å². The molecule has 3 aliphatic heterocycles. The van der Waals surface area contributed by atoms with Crippen LogP contribution in [0.4, 0.5) is 0 Å². The largest absolute Gasteiger partial charge is 0.375 e. The predicted octanol–water partition coefficient (Wildman–Crippen LogP) is 2.41. The molecule has 0 amide bonds. The van der Waals surface area contributed by atoms with Crippen molar-refractivity contribution in [2.24, 2.45) is 0 Å². The van der Waals surface area contributed by atoms with E-state index in [-0.39, 0.29) is 11.2 Å². The molecule has 0 aromatic heterocycles. The fraction of sp³-hybridized carbons (Fsp3) is 1.00. The number of piperidine rings is 1. The molecule has 120 valence electrons. The van der Waals surface area contributed by atoms with Crippen LogP contribution < -0.4 is 5.32 Å². The highest BCUT2D eigenvalue weighted by Crippen LogP contribution is 2.42. The average Bonchev–Trinajstić information content (AvgIpc) is 3.09. The summed E-state index contributed by atoms with van der Waals surface area (Å²) in [5.74, 6) is 0. The van der Waals surface area contributed by atoms with Crippen LogP contribution in [-0.4, -0.2) is 49.7 Å². The van der Waals surface area contributed by atoms with Crippen LogP contribution >= 0.6 is 0 Å². The summed E-state index contributed by atoms with van der Waals surface area (Å²) in [6.45, 7) is 3.86. The van der Waals surface area contributed by atoms with Gasteiger partial charge in [0.15, 0.2) is 0 Å². The van der Waals surface area contributed by atoms with Crippen molar-refractivity contribution >= 4 is 0 Å². The molecule has 1 N–H and O–H groups in total. The standard InChI is InChI=1S/C17H29NO3/c1-2-5-16(4-1)11-14(3-10-19-16)21-15-12-17(20-13-15)6-8-18-9-7-17/h14-15,18H,1-13H2. The van der Waals surface area contributed by atoms with Gasteiger partial charge in [-0.25, -0.2) is 0 Å². The van der Waals surface area contributed by atoms with Gasteiger partial charge in [0.1, 0.15) is 0 Å².